The van der Waals surface area contributed by atoms with Crippen LogP contribution in [-0.4, -0.2) is 72.7 Å². The Labute approximate surface area is 208 Å². The summed E-state index contributed by atoms with van der Waals surface area (Å²) in [5.74, 6) is 2.17. The van der Waals surface area contributed by atoms with Crippen LogP contribution in [-0.2, 0) is 6.54 Å². The van der Waals surface area contributed by atoms with Crippen LogP contribution in [0.2, 0.25) is 0 Å². The maximum absolute atomic E-state index is 4.97. The molecule has 2 fully saturated rings. The Hall–Kier alpha value is -4.05. The Morgan fingerprint density at radius 3 is 2.69 bits per heavy atom. The van der Waals surface area contributed by atoms with E-state index < -0.39 is 0 Å². The van der Waals surface area contributed by atoms with Crippen LogP contribution in [0.5, 0.6) is 0 Å². The minimum Gasteiger partial charge on any atom is -0.354 e. The van der Waals surface area contributed by atoms with E-state index in [1.165, 1.54) is 18.4 Å². The molecule has 0 amide bonds. The molecular formula is C26H28N10. The van der Waals surface area contributed by atoms with Crippen molar-refractivity contribution in [2.45, 2.75) is 25.3 Å². The maximum Gasteiger partial charge on any atom is 0.225 e. The number of piperazine rings is 1. The third kappa shape index (κ3) is 3.93. The van der Waals surface area contributed by atoms with Crippen molar-refractivity contribution < 1.29 is 0 Å². The average Bonchev–Trinajstić information content (AvgIpc) is 3.49. The van der Waals surface area contributed by atoms with Crippen LogP contribution in [0.1, 0.15) is 29.9 Å². The third-order valence-electron chi connectivity index (χ3n) is 7.16. The molecule has 1 saturated carbocycles. The molecule has 182 valence electrons. The molecule has 5 aromatic heterocycles. The summed E-state index contributed by atoms with van der Waals surface area (Å²) in [7, 11) is 2.16. The van der Waals surface area contributed by atoms with Crippen LogP contribution < -0.4 is 10.2 Å². The van der Waals surface area contributed by atoms with E-state index >= 15 is 0 Å². The van der Waals surface area contributed by atoms with Gasteiger partial charge in [0.05, 0.1) is 11.9 Å². The maximum atomic E-state index is 4.97. The normalized spacial score (nSPS) is 16.8. The van der Waals surface area contributed by atoms with E-state index in [4.69, 9.17) is 15.0 Å². The van der Waals surface area contributed by atoms with Crippen molar-refractivity contribution in [2.24, 2.45) is 0 Å². The van der Waals surface area contributed by atoms with Crippen molar-refractivity contribution in [3.8, 4) is 11.4 Å². The topological polar surface area (TPSA) is 103 Å². The molecule has 0 bridgehead atoms. The highest BCUT2D eigenvalue weighted by Crippen LogP contribution is 2.41. The van der Waals surface area contributed by atoms with Crippen LogP contribution in [0.4, 0.5) is 11.8 Å². The molecule has 7 rings (SSSR count). The fourth-order valence-electron chi connectivity index (χ4n) is 4.84. The fraction of sp³-hybridized carbons (Fsp3) is 0.346. The first-order valence-corrected chi connectivity index (χ1v) is 12.5. The zero-order chi connectivity index (χ0) is 24.1. The number of anilines is 2. The van der Waals surface area contributed by atoms with E-state index in [1.807, 2.05) is 41.4 Å². The van der Waals surface area contributed by atoms with Gasteiger partial charge in [-0.15, -0.1) is 0 Å². The summed E-state index contributed by atoms with van der Waals surface area (Å²) in [6, 6.07) is 8.19. The van der Waals surface area contributed by atoms with Crippen LogP contribution in [0.3, 0.4) is 0 Å². The molecule has 0 atom stereocenters. The van der Waals surface area contributed by atoms with E-state index in [2.05, 4.69) is 49.4 Å². The van der Waals surface area contributed by atoms with Crippen LogP contribution in [0.25, 0.3) is 28.1 Å². The number of aromatic amines is 1. The first kappa shape index (κ1) is 21.3. The van der Waals surface area contributed by atoms with Gasteiger partial charge in [0.15, 0.2) is 5.65 Å². The van der Waals surface area contributed by atoms with Crippen molar-refractivity contribution in [1.82, 2.24) is 39.4 Å². The van der Waals surface area contributed by atoms with Crippen LogP contribution in [0, 0.1) is 0 Å². The predicted molar refractivity (Wildman–Crippen MR) is 139 cm³/mol. The summed E-state index contributed by atoms with van der Waals surface area (Å²) in [4.78, 5) is 27.1. The fourth-order valence-corrected chi connectivity index (χ4v) is 4.84. The molecule has 1 saturated heterocycles. The van der Waals surface area contributed by atoms with Gasteiger partial charge in [-0.3, -0.25) is 0 Å². The summed E-state index contributed by atoms with van der Waals surface area (Å²) >= 11 is 0. The molecule has 5 aromatic rings. The minimum atomic E-state index is 0.556. The van der Waals surface area contributed by atoms with E-state index in [1.54, 1.807) is 0 Å². The van der Waals surface area contributed by atoms with Crippen LogP contribution >= 0.6 is 0 Å². The van der Waals surface area contributed by atoms with Crippen molar-refractivity contribution in [3.63, 3.8) is 0 Å². The largest absolute Gasteiger partial charge is 0.354 e. The monoisotopic (exact) mass is 480 g/mol. The van der Waals surface area contributed by atoms with Gasteiger partial charge in [-0.1, -0.05) is 6.07 Å². The van der Waals surface area contributed by atoms with Gasteiger partial charge in [0.1, 0.15) is 17.2 Å². The standard InChI is InChI=1S/C26H28N10/c1-34-10-12-35(13-11-34)22-5-2-17(14-28-22)15-29-26-32-23(19-6-8-27-24(19)33-26)21-7-9-36-25(31-21)20(16-30-36)18-3-4-18/h2,5-9,14,16,18H,3-4,10-13,15H2,1H3,(H2,27,29,32,33). The van der Waals surface area contributed by atoms with Gasteiger partial charge in [-0.2, -0.15) is 10.1 Å². The lowest BCUT2D eigenvalue weighted by atomic mass is 10.2. The van der Waals surface area contributed by atoms with Gasteiger partial charge in [0.25, 0.3) is 0 Å². The highest BCUT2D eigenvalue weighted by Gasteiger charge is 2.28. The summed E-state index contributed by atoms with van der Waals surface area (Å²) in [5, 5.41) is 8.81. The molecule has 6 heterocycles. The lowest BCUT2D eigenvalue weighted by Gasteiger charge is -2.33. The van der Waals surface area contributed by atoms with Crippen molar-refractivity contribution in [3.05, 3.63) is 60.2 Å². The number of fused-ring (bicyclic) bond motifs is 2. The Bertz CT molecular complexity index is 1520. The van der Waals surface area contributed by atoms with Gasteiger partial charge in [0.2, 0.25) is 5.95 Å². The molecule has 2 aliphatic rings. The number of likely N-dealkylation sites (N-methyl/N-ethyl adjacent to an activating group) is 1. The number of nitrogens with zero attached hydrogens (tertiary/aromatic N) is 8. The van der Waals surface area contributed by atoms with Gasteiger partial charge in [0, 0.05) is 62.3 Å². The quantitative estimate of drug-likeness (QED) is 0.382. The second kappa shape index (κ2) is 8.56. The van der Waals surface area contributed by atoms with Crippen molar-refractivity contribution in [2.75, 3.05) is 43.4 Å². The zero-order valence-electron chi connectivity index (χ0n) is 20.2. The van der Waals surface area contributed by atoms with Gasteiger partial charge in [-0.05, 0) is 49.6 Å². The molecule has 1 aliphatic carbocycles. The second-order valence-corrected chi connectivity index (χ2v) is 9.76. The van der Waals surface area contributed by atoms with Gasteiger partial charge < -0.3 is 20.1 Å². The molecular weight excluding hydrogens is 452 g/mol. The average molecular weight is 481 g/mol. The van der Waals surface area contributed by atoms with Crippen molar-refractivity contribution >= 4 is 28.4 Å². The summed E-state index contributed by atoms with van der Waals surface area (Å²) in [6.07, 6.45) is 10.2. The molecule has 0 unspecified atom stereocenters. The zero-order valence-corrected chi connectivity index (χ0v) is 20.2. The third-order valence-corrected chi connectivity index (χ3v) is 7.16. The highest BCUT2D eigenvalue weighted by atomic mass is 15.3. The Kier molecular flexibility index (Phi) is 5.05. The SMILES string of the molecule is CN1CCN(c2ccc(CNc3nc(-c4ccn5ncc(C6CC6)c5n4)c4cc[nH]c4n3)cn2)CC1. The smallest absolute Gasteiger partial charge is 0.225 e. The van der Waals surface area contributed by atoms with E-state index in [-0.39, 0.29) is 0 Å². The Morgan fingerprint density at radius 2 is 1.89 bits per heavy atom. The number of aromatic nitrogens is 7. The molecule has 2 N–H and O–H groups in total. The van der Waals surface area contributed by atoms with E-state index in [9.17, 15) is 0 Å². The molecule has 10 nitrogen and oxygen atoms in total. The second-order valence-electron chi connectivity index (χ2n) is 9.76. The number of pyridine rings is 1. The van der Waals surface area contributed by atoms with E-state index in [0.717, 1.165) is 65.6 Å². The summed E-state index contributed by atoms with van der Waals surface area (Å²) in [6.45, 7) is 4.74. The summed E-state index contributed by atoms with van der Waals surface area (Å²) in [5.41, 5.74) is 5.62. The van der Waals surface area contributed by atoms with E-state index in [0.29, 0.717) is 18.4 Å². The number of H-pyrrole nitrogens is 1. The lowest BCUT2D eigenvalue weighted by Crippen LogP contribution is -2.44. The summed E-state index contributed by atoms with van der Waals surface area (Å²) < 4.78 is 1.85. The molecule has 0 radical (unpaired) electrons. The predicted octanol–water partition coefficient (Wildman–Crippen LogP) is 3.30. The first-order chi connectivity index (χ1) is 17.7. The van der Waals surface area contributed by atoms with Crippen LogP contribution in [0.15, 0.2) is 49.1 Å². The Balaban J connectivity index is 1.14. The number of hydrogen-bond donors (Lipinski definition) is 2. The molecule has 0 aromatic carbocycles. The first-order valence-electron chi connectivity index (χ1n) is 12.5. The van der Waals surface area contributed by atoms with Gasteiger partial charge in [-0.25, -0.2) is 19.5 Å². The highest BCUT2D eigenvalue weighted by molar-refractivity contribution is 5.90. The molecule has 10 heteroatoms. The van der Waals surface area contributed by atoms with Crippen molar-refractivity contribution in [1.29, 1.82) is 0 Å². The number of hydrogen-bond acceptors (Lipinski definition) is 8. The molecule has 0 spiro atoms. The van der Waals surface area contributed by atoms with Gasteiger partial charge >= 0.3 is 0 Å². The molecule has 1 aliphatic heterocycles. The number of rotatable bonds is 6. The number of nitrogens with one attached hydrogen (secondary N) is 2. The Morgan fingerprint density at radius 1 is 1.00 bits per heavy atom. The lowest BCUT2D eigenvalue weighted by molar-refractivity contribution is 0.312. The molecule has 36 heavy (non-hydrogen) atoms. The minimum absolute atomic E-state index is 0.556.